The van der Waals surface area contributed by atoms with Crippen LogP contribution >= 0.6 is 0 Å². The van der Waals surface area contributed by atoms with E-state index in [-0.39, 0.29) is 0 Å². The molecule has 0 N–H and O–H groups in total. The van der Waals surface area contributed by atoms with Gasteiger partial charge in [-0.1, -0.05) is 68.2 Å². The first kappa shape index (κ1) is 17.0. The molecule has 0 saturated heterocycles. The molecule has 0 aliphatic carbocycles. The maximum absolute atomic E-state index is 2.44. The van der Waals surface area contributed by atoms with Gasteiger partial charge in [0.1, 0.15) is 0 Å². The van der Waals surface area contributed by atoms with Crippen molar-refractivity contribution in [2.45, 2.75) is 87.5 Å². The second-order valence-corrected chi connectivity index (χ2v) is 7.68. The average molecular weight is 240 g/mol. The highest BCUT2D eigenvalue weighted by molar-refractivity contribution is 4.80. The van der Waals surface area contributed by atoms with Gasteiger partial charge in [-0.25, -0.2) is 0 Å². The van der Waals surface area contributed by atoms with E-state index in [0.717, 1.165) is 11.8 Å². The Morgan fingerprint density at radius 1 is 0.882 bits per heavy atom. The lowest BCUT2D eigenvalue weighted by atomic mass is 9.68. The molecule has 1 atom stereocenters. The van der Waals surface area contributed by atoms with Crippen LogP contribution in [0.2, 0.25) is 0 Å². The molecule has 0 aliphatic rings. The standard InChI is InChI=1S/C17H36/c1-9-10-12-16(5,6)13-11-15(4)17(7,8)14(2)3/h14-15H,9-13H2,1-8H3. The predicted molar refractivity (Wildman–Crippen MR) is 80.3 cm³/mol. The minimum absolute atomic E-state index is 0.473. The van der Waals surface area contributed by atoms with Crippen LogP contribution in [0.25, 0.3) is 0 Å². The summed E-state index contributed by atoms with van der Waals surface area (Å²) in [6, 6.07) is 0. The van der Waals surface area contributed by atoms with E-state index in [1.807, 2.05) is 0 Å². The summed E-state index contributed by atoms with van der Waals surface area (Å²) in [6.45, 7) is 19.2. The van der Waals surface area contributed by atoms with Crippen LogP contribution < -0.4 is 0 Å². The smallest absolute Gasteiger partial charge is 0.0305 e. The predicted octanol–water partition coefficient (Wildman–Crippen LogP) is 6.30. The lowest BCUT2D eigenvalue weighted by Gasteiger charge is -2.38. The van der Waals surface area contributed by atoms with Gasteiger partial charge in [0.25, 0.3) is 0 Å². The highest BCUT2D eigenvalue weighted by Gasteiger charge is 2.30. The van der Waals surface area contributed by atoms with Crippen LogP contribution in [-0.2, 0) is 0 Å². The highest BCUT2D eigenvalue weighted by Crippen LogP contribution is 2.40. The molecule has 0 spiro atoms. The van der Waals surface area contributed by atoms with Gasteiger partial charge in [0.15, 0.2) is 0 Å². The summed E-state index contributed by atoms with van der Waals surface area (Å²) in [5, 5.41) is 0. The summed E-state index contributed by atoms with van der Waals surface area (Å²) >= 11 is 0. The first-order valence-corrected chi connectivity index (χ1v) is 7.63. The van der Waals surface area contributed by atoms with E-state index < -0.39 is 0 Å². The van der Waals surface area contributed by atoms with Gasteiger partial charge < -0.3 is 0 Å². The highest BCUT2D eigenvalue weighted by atomic mass is 14.4. The van der Waals surface area contributed by atoms with E-state index in [1.165, 1.54) is 32.1 Å². The number of unbranched alkanes of at least 4 members (excludes halogenated alkanes) is 1. The molecule has 104 valence electrons. The minimum atomic E-state index is 0.473. The maximum Gasteiger partial charge on any atom is -0.0305 e. The first-order chi connectivity index (χ1) is 7.63. The molecule has 0 nitrogen and oxygen atoms in total. The van der Waals surface area contributed by atoms with E-state index in [9.17, 15) is 0 Å². The third-order valence-corrected chi connectivity index (χ3v) is 5.22. The van der Waals surface area contributed by atoms with Gasteiger partial charge in [0.2, 0.25) is 0 Å². The summed E-state index contributed by atoms with van der Waals surface area (Å²) in [4.78, 5) is 0. The van der Waals surface area contributed by atoms with Crippen molar-refractivity contribution >= 4 is 0 Å². The Hall–Kier alpha value is 0. The first-order valence-electron chi connectivity index (χ1n) is 7.63. The lowest BCUT2D eigenvalue weighted by molar-refractivity contribution is 0.125. The SMILES string of the molecule is CCCCC(C)(C)CCC(C)C(C)(C)C(C)C. The summed E-state index contributed by atoms with van der Waals surface area (Å²) in [7, 11) is 0. The Balaban J connectivity index is 4.19. The van der Waals surface area contributed by atoms with Crippen molar-refractivity contribution in [3.05, 3.63) is 0 Å². The molecule has 0 aromatic rings. The van der Waals surface area contributed by atoms with Crippen LogP contribution in [0.5, 0.6) is 0 Å². The quantitative estimate of drug-likeness (QED) is 0.467. The molecule has 0 rings (SSSR count). The molecule has 1 unspecified atom stereocenters. The van der Waals surface area contributed by atoms with Gasteiger partial charge in [-0.2, -0.15) is 0 Å². The van der Waals surface area contributed by atoms with Crippen molar-refractivity contribution in [1.29, 1.82) is 0 Å². The molecule has 0 saturated carbocycles. The Kier molecular flexibility index (Phi) is 6.81. The minimum Gasteiger partial charge on any atom is -0.0654 e. The Morgan fingerprint density at radius 3 is 1.82 bits per heavy atom. The molecule has 0 bridgehead atoms. The van der Waals surface area contributed by atoms with Crippen molar-refractivity contribution in [3.63, 3.8) is 0 Å². The van der Waals surface area contributed by atoms with Crippen LogP contribution in [0.4, 0.5) is 0 Å². The second kappa shape index (κ2) is 6.81. The lowest BCUT2D eigenvalue weighted by Crippen LogP contribution is -2.28. The molecule has 0 aromatic heterocycles. The number of hydrogen-bond acceptors (Lipinski definition) is 0. The Labute approximate surface area is 111 Å². The number of hydrogen-bond donors (Lipinski definition) is 0. The zero-order valence-electron chi connectivity index (χ0n) is 13.7. The van der Waals surface area contributed by atoms with Crippen LogP contribution in [0.1, 0.15) is 87.5 Å². The largest absolute Gasteiger partial charge is 0.0654 e. The van der Waals surface area contributed by atoms with E-state index in [4.69, 9.17) is 0 Å². The van der Waals surface area contributed by atoms with Crippen molar-refractivity contribution in [2.75, 3.05) is 0 Å². The fourth-order valence-electron chi connectivity index (χ4n) is 2.33. The van der Waals surface area contributed by atoms with Crippen molar-refractivity contribution in [2.24, 2.45) is 22.7 Å². The van der Waals surface area contributed by atoms with Crippen LogP contribution in [0.3, 0.4) is 0 Å². The molecule has 0 radical (unpaired) electrons. The fourth-order valence-corrected chi connectivity index (χ4v) is 2.33. The third kappa shape index (κ3) is 5.93. The molecule has 17 heavy (non-hydrogen) atoms. The molecule has 0 heteroatoms. The van der Waals surface area contributed by atoms with Gasteiger partial charge in [-0.05, 0) is 41.9 Å². The van der Waals surface area contributed by atoms with Crippen LogP contribution in [0, 0.1) is 22.7 Å². The zero-order chi connectivity index (χ0) is 13.7. The van der Waals surface area contributed by atoms with Gasteiger partial charge >= 0.3 is 0 Å². The number of rotatable bonds is 8. The van der Waals surface area contributed by atoms with E-state index in [0.29, 0.717) is 10.8 Å². The zero-order valence-corrected chi connectivity index (χ0v) is 13.7. The fraction of sp³-hybridized carbons (Fsp3) is 1.00. The van der Waals surface area contributed by atoms with Gasteiger partial charge in [-0.15, -0.1) is 0 Å². The van der Waals surface area contributed by atoms with Gasteiger partial charge in [0, 0.05) is 0 Å². The third-order valence-electron chi connectivity index (χ3n) is 5.22. The second-order valence-electron chi connectivity index (χ2n) is 7.68. The summed E-state index contributed by atoms with van der Waals surface area (Å²) in [6.07, 6.45) is 6.86. The van der Waals surface area contributed by atoms with E-state index >= 15 is 0 Å². The van der Waals surface area contributed by atoms with Gasteiger partial charge in [0.05, 0.1) is 0 Å². The normalized spacial score (nSPS) is 15.4. The Morgan fingerprint density at radius 2 is 1.41 bits per heavy atom. The topological polar surface area (TPSA) is 0 Å². The van der Waals surface area contributed by atoms with Crippen LogP contribution in [0.15, 0.2) is 0 Å². The average Bonchev–Trinajstić information content (AvgIpc) is 2.23. The summed E-state index contributed by atoms with van der Waals surface area (Å²) < 4.78 is 0. The molecule has 0 fully saturated rings. The monoisotopic (exact) mass is 240 g/mol. The molecule has 0 heterocycles. The Bertz CT molecular complexity index is 198. The van der Waals surface area contributed by atoms with Crippen molar-refractivity contribution in [3.8, 4) is 0 Å². The molecular weight excluding hydrogens is 204 g/mol. The summed E-state index contributed by atoms with van der Waals surface area (Å²) in [5.41, 5.74) is 1.01. The van der Waals surface area contributed by atoms with E-state index in [2.05, 4.69) is 55.4 Å². The summed E-state index contributed by atoms with van der Waals surface area (Å²) in [5.74, 6) is 1.60. The molecular formula is C17H36. The molecule has 0 aromatic carbocycles. The molecule has 0 aliphatic heterocycles. The van der Waals surface area contributed by atoms with Crippen LogP contribution in [-0.4, -0.2) is 0 Å². The van der Waals surface area contributed by atoms with E-state index in [1.54, 1.807) is 0 Å². The maximum atomic E-state index is 2.44. The molecule has 0 amide bonds. The van der Waals surface area contributed by atoms with Crippen molar-refractivity contribution < 1.29 is 0 Å². The van der Waals surface area contributed by atoms with Gasteiger partial charge in [-0.3, -0.25) is 0 Å². The van der Waals surface area contributed by atoms with Crippen molar-refractivity contribution in [1.82, 2.24) is 0 Å².